The summed E-state index contributed by atoms with van der Waals surface area (Å²) in [6, 6.07) is 24.4. The lowest BCUT2D eigenvalue weighted by Crippen LogP contribution is -2.70. The minimum atomic E-state index is -0.862. The smallest absolute Gasteiger partial charge is 0.356 e. The monoisotopic (exact) mass is 655 g/mol. The maximum Gasteiger partial charge on any atom is 0.356 e. The van der Waals surface area contributed by atoms with Crippen LogP contribution in [-0.4, -0.2) is 62.5 Å². The molecular formula is C34H29N3O7S2. The average Bonchev–Trinajstić information content (AvgIpc) is 3.53. The molecule has 3 aromatic carbocycles. The van der Waals surface area contributed by atoms with Crippen LogP contribution in [0.3, 0.4) is 0 Å². The maximum absolute atomic E-state index is 13.9. The fraction of sp³-hybridized carbons (Fsp3) is 0.206. The Labute approximate surface area is 273 Å². The lowest BCUT2D eigenvalue weighted by Gasteiger charge is -2.49. The summed E-state index contributed by atoms with van der Waals surface area (Å²) in [6.07, 6.45) is -0.797. The Kier molecular flexibility index (Phi) is 9.18. The van der Waals surface area contributed by atoms with E-state index < -0.39 is 41.3 Å². The van der Waals surface area contributed by atoms with Crippen LogP contribution in [0.25, 0.3) is 10.6 Å². The number of aromatic hydroxyl groups is 1. The predicted molar refractivity (Wildman–Crippen MR) is 172 cm³/mol. The second-order valence-electron chi connectivity index (χ2n) is 10.7. The lowest BCUT2D eigenvalue weighted by atomic mass is 10.0. The number of phenols is 1. The van der Waals surface area contributed by atoms with Crippen LogP contribution >= 0.6 is 23.1 Å². The number of amides is 2. The second kappa shape index (κ2) is 13.6. The zero-order chi connectivity index (χ0) is 32.2. The largest absolute Gasteiger partial charge is 0.508 e. The number of esters is 2. The lowest BCUT2D eigenvalue weighted by molar-refractivity contribution is -0.155. The first-order valence-electron chi connectivity index (χ1n) is 14.4. The molecule has 0 unspecified atom stereocenters. The third-order valence-corrected chi connectivity index (χ3v) is 9.70. The standard InChI is InChI=1S/C34H29N3O7S2/c1-20(38)43-17-24-18-46-33-28(36-27(40)16-25-19-45-31(35-25)23-13-8-14-26(39)15-23)32(41)37(33)29(24)34(42)44-30(21-9-4-2-5-10-21)22-11-6-3-7-12-22/h2-15,19,28,30,33,39H,16-18H2,1H3,(H,36,40)/t28-,33-/m1/s1. The van der Waals surface area contributed by atoms with Gasteiger partial charge in [0.25, 0.3) is 5.91 Å². The highest BCUT2D eigenvalue weighted by Gasteiger charge is 2.54. The molecule has 3 heterocycles. The molecule has 46 heavy (non-hydrogen) atoms. The van der Waals surface area contributed by atoms with Gasteiger partial charge in [0, 0.05) is 29.2 Å². The number of nitrogens with one attached hydrogen (secondary N) is 1. The molecule has 0 radical (unpaired) electrons. The Hall–Kier alpha value is -4.94. The van der Waals surface area contributed by atoms with Gasteiger partial charge in [-0.3, -0.25) is 19.3 Å². The van der Waals surface area contributed by atoms with E-state index in [0.717, 1.165) is 16.7 Å². The number of carbonyl (C=O) groups is 4. The van der Waals surface area contributed by atoms with Gasteiger partial charge in [-0.25, -0.2) is 9.78 Å². The third kappa shape index (κ3) is 6.68. The maximum atomic E-state index is 13.9. The molecule has 1 aromatic heterocycles. The fourth-order valence-electron chi connectivity index (χ4n) is 5.27. The van der Waals surface area contributed by atoms with Gasteiger partial charge >= 0.3 is 11.9 Å². The average molecular weight is 656 g/mol. The van der Waals surface area contributed by atoms with Gasteiger partial charge in [0.05, 0.1) is 12.1 Å². The molecule has 234 valence electrons. The van der Waals surface area contributed by atoms with Crippen LogP contribution in [0, 0.1) is 0 Å². The van der Waals surface area contributed by atoms with E-state index in [0.29, 0.717) is 22.0 Å². The Balaban J connectivity index is 1.19. The van der Waals surface area contributed by atoms with Gasteiger partial charge < -0.3 is 19.9 Å². The van der Waals surface area contributed by atoms with Crippen molar-refractivity contribution in [1.82, 2.24) is 15.2 Å². The van der Waals surface area contributed by atoms with E-state index in [-0.39, 0.29) is 24.5 Å². The molecule has 1 fully saturated rings. The minimum Gasteiger partial charge on any atom is -0.508 e. The summed E-state index contributed by atoms with van der Waals surface area (Å²) in [5, 5.41) is 14.4. The molecular weight excluding hydrogens is 627 g/mol. The van der Waals surface area contributed by atoms with E-state index in [4.69, 9.17) is 9.47 Å². The molecule has 0 saturated carbocycles. The van der Waals surface area contributed by atoms with Crippen LogP contribution < -0.4 is 5.32 Å². The number of carbonyl (C=O) groups excluding carboxylic acids is 4. The number of nitrogens with zero attached hydrogens (tertiary/aromatic N) is 2. The van der Waals surface area contributed by atoms with Gasteiger partial charge in [-0.2, -0.15) is 0 Å². The summed E-state index contributed by atoms with van der Waals surface area (Å²) in [4.78, 5) is 58.0. The van der Waals surface area contributed by atoms with Crippen molar-refractivity contribution in [3.8, 4) is 16.3 Å². The van der Waals surface area contributed by atoms with E-state index in [1.54, 1.807) is 23.6 Å². The van der Waals surface area contributed by atoms with Gasteiger partial charge in [-0.05, 0) is 23.3 Å². The number of benzene rings is 3. The summed E-state index contributed by atoms with van der Waals surface area (Å²) in [6.45, 7) is 1.10. The molecule has 2 aliphatic heterocycles. The molecule has 2 amide bonds. The predicted octanol–water partition coefficient (Wildman–Crippen LogP) is 4.61. The van der Waals surface area contributed by atoms with Crippen molar-refractivity contribution in [2.45, 2.75) is 30.9 Å². The van der Waals surface area contributed by atoms with E-state index >= 15 is 0 Å². The van der Waals surface area contributed by atoms with Gasteiger partial charge in [-0.15, -0.1) is 23.1 Å². The second-order valence-corrected chi connectivity index (χ2v) is 12.6. The topological polar surface area (TPSA) is 135 Å². The van der Waals surface area contributed by atoms with E-state index in [1.165, 1.54) is 34.9 Å². The molecule has 1 saturated heterocycles. The van der Waals surface area contributed by atoms with Crippen molar-refractivity contribution in [1.29, 1.82) is 0 Å². The van der Waals surface area contributed by atoms with Gasteiger partial charge in [0.1, 0.15) is 34.5 Å². The Morgan fingerprint density at radius 2 is 1.72 bits per heavy atom. The Bertz CT molecular complexity index is 1770. The number of thiazole rings is 1. The molecule has 6 rings (SSSR count). The molecule has 2 N–H and O–H groups in total. The molecule has 2 aliphatic rings. The van der Waals surface area contributed by atoms with Crippen LogP contribution in [0.4, 0.5) is 0 Å². The van der Waals surface area contributed by atoms with Crippen molar-refractivity contribution in [2.75, 3.05) is 12.4 Å². The summed E-state index contributed by atoms with van der Waals surface area (Å²) >= 11 is 2.71. The van der Waals surface area contributed by atoms with Crippen LogP contribution in [0.2, 0.25) is 0 Å². The molecule has 2 atom stereocenters. The van der Waals surface area contributed by atoms with Crippen molar-refractivity contribution in [3.63, 3.8) is 0 Å². The highest BCUT2D eigenvalue weighted by molar-refractivity contribution is 8.00. The van der Waals surface area contributed by atoms with Gasteiger partial charge in [0.15, 0.2) is 6.10 Å². The van der Waals surface area contributed by atoms with Crippen LogP contribution in [0.15, 0.2) is 102 Å². The fourth-order valence-corrected chi connectivity index (χ4v) is 7.41. The van der Waals surface area contributed by atoms with Crippen LogP contribution in [-0.2, 0) is 35.1 Å². The quantitative estimate of drug-likeness (QED) is 0.186. The molecule has 0 spiro atoms. The number of fused-ring (bicyclic) bond motifs is 1. The first-order valence-corrected chi connectivity index (χ1v) is 16.4. The highest BCUT2D eigenvalue weighted by atomic mass is 32.2. The number of phenolic OH excluding ortho intramolecular Hbond substituents is 1. The third-order valence-electron chi connectivity index (χ3n) is 7.42. The van der Waals surface area contributed by atoms with E-state index in [1.807, 2.05) is 66.7 Å². The zero-order valence-electron chi connectivity index (χ0n) is 24.6. The summed E-state index contributed by atoms with van der Waals surface area (Å²) < 4.78 is 11.3. The van der Waals surface area contributed by atoms with Crippen molar-refractivity contribution in [2.24, 2.45) is 0 Å². The molecule has 0 bridgehead atoms. The normalized spacial score (nSPS) is 17.3. The number of rotatable bonds is 10. The van der Waals surface area contributed by atoms with E-state index in [2.05, 4.69) is 10.3 Å². The van der Waals surface area contributed by atoms with Gasteiger partial charge in [0.2, 0.25) is 5.91 Å². The van der Waals surface area contributed by atoms with Crippen LogP contribution in [0.1, 0.15) is 29.8 Å². The summed E-state index contributed by atoms with van der Waals surface area (Å²) in [7, 11) is 0. The van der Waals surface area contributed by atoms with Crippen molar-refractivity contribution >= 4 is 46.9 Å². The first kappa shape index (κ1) is 31.1. The van der Waals surface area contributed by atoms with Crippen molar-refractivity contribution in [3.05, 3.63) is 118 Å². The molecule has 12 heteroatoms. The van der Waals surface area contributed by atoms with Crippen LogP contribution in [0.5, 0.6) is 5.75 Å². The molecule has 4 aromatic rings. The Morgan fingerprint density at radius 3 is 2.37 bits per heavy atom. The summed E-state index contributed by atoms with van der Waals surface area (Å²) in [5.41, 5.74) is 3.23. The highest BCUT2D eigenvalue weighted by Crippen LogP contribution is 2.42. The number of hydrogen-bond donors (Lipinski definition) is 2. The minimum absolute atomic E-state index is 0.0209. The summed E-state index contributed by atoms with van der Waals surface area (Å²) in [5.74, 6) is -1.70. The van der Waals surface area contributed by atoms with E-state index in [9.17, 15) is 24.3 Å². The zero-order valence-corrected chi connectivity index (χ0v) is 26.3. The van der Waals surface area contributed by atoms with Gasteiger partial charge in [-0.1, -0.05) is 72.8 Å². The number of thioether (sulfide) groups is 1. The number of aromatic nitrogens is 1. The molecule has 10 nitrogen and oxygen atoms in total. The number of ether oxygens (including phenoxy) is 2. The number of hydrogen-bond acceptors (Lipinski definition) is 10. The number of β-lactam (4-membered cyclic amide) rings is 1. The SMILES string of the molecule is CC(=O)OCC1=C(C(=O)OC(c2ccccc2)c2ccccc2)N2C(=O)[C@@H](NC(=O)Cc3csc(-c4cccc(O)c4)n3)[C@H]2SC1. The molecule has 0 aliphatic carbocycles. The van der Waals surface area contributed by atoms with Crippen molar-refractivity contribution < 1.29 is 33.8 Å². The first-order chi connectivity index (χ1) is 22.3. The Morgan fingerprint density at radius 1 is 1.02 bits per heavy atom.